The summed E-state index contributed by atoms with van der Waals surface area (Å²) in [5.74, 6) is -0.627. The van der Waals surface area contributed by atoms with Gasteiger partial charge >= 0.3 is 0 Å². The van der Waals surface area contributed by atoms with Crippen molar-refractivity contribution in [1.29, 1.82) is 0 Å². The molecule has 1 aliphatic heterocycles. The monoisotopic (exact) mass is 473 g/mol. The van der Waals surface area contributed by atoms with Gasteiger partial charge in [-0.15, -0.1) is 10.2 Å². The van der Waals surface area contributed by atoms with Gasteiger partial charge in [0.2, 0.25) is 5.01 Å². The van der Waals surface area contributed by atoms with Crippen LogP contribution in [0.15, 0.2) is 48.5 Å². The van der Waals surface area contributed by atoms with Crippen LogP contribution >= 0.6 is 22.9 Å². The molecule has 1 N–H and O–H groups in total. The van der Waals surface area contributed by atoms with Crippen molar-refractivity contribution in [3.05, 3.63) is 80.5 Å². The summed E-state index contributed by atoms with van der Waals surface area (Å²) in [5, 5.41) is 12.5. The zero-order valence-corrected chi connectivity index (χ0v) is 18.7. The van der Waals surface area contributed by atoms with E-state index in [2.05, 4.69) is 20.4 Å². The Morgan fingerprint density at radius 2 is 1.69 bits per heavy atom. The maximum atomic E-state index is 13.0. The van der Waals surface area contributed by atoms with Crippen molar-refractivity contribution in [2.75, 3.05) is 26.2 Å². The number of aromatic nitrogens is 2. The molecule has 0 bridgehead atoms. The van der Waals surface area contributed by atoms with Crippen LogP contribution in [0.2, 0.25) is 5.02 Å². The SMILES string of the molecule is O=C(NCc1ccc(F)cc1)c1nnc(CN2CCN(C(=O)c3ccc(Cl)cc3)CC2)s1. The summed E-state index contributed by atoms with van der Waals surface area (Å²) in [5.41, 5.74) is 1.43. The van der Waals surface area contributed by atoms with Crippen molar-refractivity contribution in [1.82, 2.24) is 25.3 Å². The lowest BCUT2D eigenvalue weighted by atomic mass is 10.2. The number of nitrogens with zero attached hydrogens (tertiary/aromatic N) is 4. The molecule has 1 saturated heterocycles. The first-order chi connectivity index (χ1) is 15.5. The van der Waals surface area contributed by atoms with E-state index in [1.165, 1.54) is 23.5 Å². The molecule has 10 heteroatoms. The molecule has 4 rings (SSSR count). The molecule has 0 radical (unpaired) electrons. The molecule has 0 saturated carbocycles. The first-order valence-electron chi connectivity index (χ1n) is 10.1. The average molecular weight is 474 g/mol. The second kappa shape index (κ2) is 10.2. The standard InChI is InChI=1S/C22H21ClFN5O2S/c23-17-5-3-16(4-6-17)22(31)29-11-9-28(10-12-29)14-19-26-27-21(32-19)20(30)25-13-15-1-7-18(24)8-2-15/h1-8H,9-14H2,(H,25,30). The number of piperazine rings is 1. The van der Waals surface area contributed by atoms with E-state index in [0.29, 0.717) is 48.3 Å². The number of hydrogen-bond acceptors (Lipinski definition) is 6. The number of rotatable bonds is 6. The number of amides is 2. The molecule has 3 aromatic rings. The third-order valence-corrected chi connectivity index (χ3v) is 6.30. The molecule has 0 spiro atoms. The molecule has 32 heavy (non-hydrogen) atoms. The summed E-state index contributed by atoms with van der Waals surface area (Å²) in [4.78, 5) is 29.0. The fraction of sp³-hybridized carbons (Fsp3) is 0.273. The van der Waals surface area contributed by atoms with Gasteiger partial charge < -0.3 is 10.2 Å². The minimum absolute atomic E-state index is 0.00246. The summed E-state index contributed by atoms with van der Waals surface area (Å²) in [6, 6.07) is 12.9. The molecular weight excluding hydrogens is 453 g/mol. The van der Waals surface area contributed by atoms with E-state index >= 15 is 0 Å². The molecule has 2 heterocycles. The lowest BCUT2D eigenvalue weighted by Gasteiger charge is -2.34. The van der Waals surface area contributed by atoms with Crippen LogP contribution in [0.25, 0.3) is 0 Å². The number of carbonyl (C=O) groups excluding carboxylic acids is 2. The number of nitrogens with one attached hydrogen (secondary N) is 1. The second-order valence-corrected chi connectivity index (χ2v) is 8.88. The molecule has 0 atom stereocenters. The number of carbonyl (C=O) groups is 2. The van der Waals surface area contributed by atoms with Crippen molar-refractivity contribution in [3.8, 4) is 0 Å². The normalized spacial score (nSPS) is 14.4. The molecule has 1 aromatic heterocycles. The van der Waals surface area contributed by atoms with Crippen molar-refractivity contribution < 1.29 is 14.0 Å². The summed E-state index contributed by atoms with van der Waals surface area (Å²) in [6.07, 6.45) is 0. The smallest absolute Gasteiger partial charge is 0.282 e. The summed E-state index contributed by atoms with van der Waals surface area (Å²) >= 11 is 7.14. The quantitative estimate of drug-likeness (QED) is 0.594. The largest absolute Gasteiger partial charge is 0.346 e. The lowest BCUT2D eigenvalue weighted by Crippen LogP contribution is -2.48. The summed E-state index contributed by atoms with van der Waals surface area (Å²) in [6.45, 7) is 3.52. The van der Waals surface area contributed by atoms with Gasteiger partial charge in [-0.05, 0) is 42.0 Å². The Morgan fingerprint density at radius 3 is 2.38 bits per heavy atom. The first-order valence-corrected chi connectivity index (χ1v) is 11.3. The molecule has 0 aliphatic carbocycles. The minimum atomic E-state index is -0.316. The van der Waals surface area contributed by atoms with Crippen LogP contribution in [0, 0.1) is 5.82 Å². The average Bonchev–Trinajstić information content (AvgIpc) is 3.28. The molecule has 7 nitrogen and oxygen atoms in total. The van der Waals surface area contributed by atoms with Crippen LogP contribution in [-0.4, -0.2) is 58.0 Å². The lowest BCUT2D eigenvalue weighted by molar-refractivity contribution is 0.0628. The van der Waals surface area contributed by atoms with Gasteiger partial charge in [0.1, 0.15) is 10.8 Å². The molecule has 2 aromatic carbocycles. The van der Waals surface area contributed by atoms with E-state index in [4.69, 9.17) is 11.6 Å². The number of benzene rings is 2. The third-order valence-electron chi connectivity index (χ3n) is 5.14. The Bertz CT molecular complexity index is 1080. The highest BCUT2D eigenvalue weighted by atomic mass is 35.5. The number of halogens is 2. The zero-order valence-electron chi connectivity index (χ0n) is 17.1. The van der Waals surface area contributed by atoms with Crippen LogP contribution in [0.4, 0.5) is 4.39 Å². The zero-order chi connectivity index (χ0) is 22.5. The van der Waals surface area contributed by atoms with Crippen LogP contribution in [0.5, 0.6) is 0 Å². The van der Waals surface area contributed by atoms with Gasteiger partial charge in [0.25, 0.3) is 11.8 Å². The fourth-order valence-electron chi connectivity index (χ4n) is 3.34. The van der Waals surface area contributed by atoms with E-state index in [0.717, 1.165) is 10.6 Å². The van der Waals surface area contributed by atoms with Crippen molar-refractivity contribution in [2.45, 2.75) is 13.1 Å². The Morgan fingerprint density at radius 1 is 1.00 bits per heavy atom. The molecular formula is C22H21ClFN5O2S. The summed E-state index contributed by atoms with van der Waals surface area (Å²) in [7, 11) is 0. The Kier molecular flexibility index (Phi) is 7.09. The van der Waals surface area contributed by atoms with Gasteiger partial charge in [-0.1, -0.05) is 35.1 Å². The molecule has 0 unspecified atom stereocenters. The first kappa shape index (κ1) is 22.3. The maximum absolute atomic E-state index is 13.0. The second-order valence-electron chi connectivity index (χ2n) is 7.39. The van der Waals surface area contributed by atoms with E-state index in [1.807, 2.05) is 4.90 Å². The van der Waals surface area contributed by atoms with E-state index in [1.54, 1.807) is 36.4 Å². The Labute approximate surface area is 193 Å². The highest BCUT2D eigenvalue weighted by Gasteiger charge is 2.23. The summed E-state index contributed by atoms with van der Waals surface area (Å²) < 4.78 is 13.0. The highest BCUT2D eigenvalue weighted by molar-refractivity contribution is 7.13. The molecule has 1 aliphatic rings. The molecule has 2 amide bonds. The van der Waals surface area contributed by atoms with Crippen LogP contribution in [0.3, 0.4) is 0 Å². The Hall–Kier alpha value is -2.88. The Balaban J connectivity index is 1.25. The minimum Gasteiger partial charge on any atom is -0.346 e. The molecule has 1 fully saturated rings. The van der Waals surface area contributed by atoms with E-state index < -0.39 is 0 Å². The number of hydrogen-bond donors (Lipinski definition) is 1. The van der Waals surface area contributed by atoms with E-state index in [9.17, 15) is 14.0 Å². The highest BCUT2D eigenvalue weighted by Crippen LogP contribution is 2.16. The topological polar surface area (TPSA) is 78.4 Å². The predicted octanol–water partition coefficient (Wildman–Crippen LogP) is 3.22. The van der Waals surface area contributed by atoms with Gasteiger partial charge in [-0.25, -0.2) is 4.39 Å². The predicted molar refractivity (Wildman–Crippen MR) is 120 cm³/mol. The third kappa shape index (κ3) is 5.67. The van der Waals surface area contributed by atoms with Crippen LogP contribution < -0.4 is 5.32 Å². The maximum Gasteiger partial charge on any atom is 0.282 e. The van der Waals surface area contributed by atoms with Gasteiger partial charge in [0.05, 0.1) is 6.54 Å². The van der Waals surface area contributed by atoms with Gasteiger partial charge in [-0.3, -0.25) is 14.5 Å². The van der Waals surface area contributed by atoms with Crippen LogP contribution in [0.1, 0.15) is 30.7 Å². The van der Waals surface area contributed by atoms with Gasteiger partial charge in [-0.2, -0.15) is 0 Å². The molecule has 166 valence electrons. The van der Waals surface area contributed by atoms with Crippen molar-refractivity contribution in [3.63, 3.8) is 0 Å². The van der Waals surface area contributed by atoms with Crippen molar-refractivity contribution in [2.24, 2.45) is 0 Å². The fourth-order valence-corrected chi connectivity index (χ4v) is 4.27. The van der Waals surface area contributed by atoms with Crippen molar-refractivity contribution >= 4 is 34.8 Å². The van der Waals surface area contributed by atoms with Gasteiger partial charge in [0.15, 0.2) is 0 Å². The van der Waals surface area contributed by atoms with Gasteiger partial charge in [0, 0.05) is 43.3 Å². The van der Waals surface area contributed by atoms with E-state index in [-0.39, 0.29) is 24.2 Å². The van der Waals surface area contributed by atoms with Crippen LogP contribution in [-0.2, 0) is 13.1 Å².